The standard InChI is InChI=1S/C10H13ClN2O/c1-2-5-13-9(8(11)6-12-13)10(14)7-3-4-7/h6-7H,2-5H2,1H3. The van der Waals surface area contributed by atoms with E-state index in [1.165, 1.54) is 0 Å². The van der Waals surface area contributed by atoms with E-state index < -0.39 is 0 Å². The minimum Gasteiger partial charge on any atom is -0.292 e. The number of hydrogen-bond acceptors (Lipinski definition) is 2. The summed E-state index contributed by atoms with van der Waals surface area (Å²) in [6.07, 6.45) is 4.54. The molecule has 76 valence electrons. The highest BCUT2D eigenvalue weighted by atomic mass is 35.5. The highest BCUT2D eigenvalue weighted by Gasteiger charge is 2.33. The van der Waals surface area contributed by atoms with Crippen LogP contribution in [0.3, 0.4) is 0 Å². The van der Waals surface area contributed by atoms with Crippen molar-refractivity contribution in [1.82, 2.24) is 9.78 Å². The molecule has 1 heterocycles. The SMILES string of the molecule is CCCn1ncc(Cl)c1C(=O)C1CC1. The van der Waals surface area contributed by atoms with E-state index >= 15 is 0 Å². The molecule has 14 heavy (non-hydrogen) atoms. The van der Waals surface area contributed by atoms with Crippen molar-refractivity contribution in [2.75, 3.05) is 0 Å². The fraction of sp³-hybridized carbons (Fsp3) is 0.600. The lowest BCUT2D eigenvalue weighted by molar-refractivity contribution is 0.0957. The van der Waals surface area contributed by atoms with Crippen LogP contribution in [0.2, 0.25) is 5.02 Å². The maximum atomic E-state index is 11.8. The van der Waals surface area contributed by atoms with Crippen molar-refractivity contribution in [2.45, 2.75) is 32.7 Å². The zero-order valence-corrected chi connectivity index (χ0v) is 8.92. The minimum absolute atomic E-state index is 0.168. The third-order valence-electron chi connectivity index (χ3n) is 2.41. The maximum absolute atomic E-state index is 11.8. The number of rotatable bonds is 4. The molecule has 1 aromatic heterocycles. The summed E-state index contributed by atoms with van der Waals surface area (Å²) in [6, 6.07) is 0. The summed E-state index contributed by atoms with van der Waals surface area (Å²) in [5, 5.41) is 4.60. The average Bonchev–Trinajstić information content (AvgIpc) is 2.93. The molecule has 0 aromatic carbocycles. The number of aromatic nitrogens is 2. The van der Waals surface area contributed by atoms with E-state index in [2.05, 4.69) is 12.0 Å². The van der Waals surface area contributed by atoms with Gasteiger partial charge in [0.25, 0.3) is 0 Å². The van der Waals surface area contributed by atoms with E-state index in [4.69, 9.17) is 11.6 Å². The van der Waals surface area contributed by atoms with Gasteiger partial charge in [-0.25, -0.2) is 0 Å². The number of Topliss-reactive ketones (excluding diaryl/α,β-unsaturated/α-hetero) is 1. The third kappa shape index (κ3) is 1.69. The van der Waals surface area contributed by atoms with Crippen LogP contribution in [0.1, 0.15) is 36.7 Å². The van der Waals surface area contributed by atoms with Crippen LogP contribution < -0.4 is 0 Å². The van der Waals surface area contributed by atoms with Crippen LogP contribution in [0.4, 0.5) is 0 Å². The lowest BCUT2D eigenvalue weighted by atomic mass is 10.2. The normalized spacial score (nSPS) is 15.9. The maximum Gasteiger partial charge on any atom is 0.185 e. The summed E-state index contributed by atoms with van der Waals surface area (Å²) < 4.78 is 1.73. The zero-order chi connectivity index (χ0) is 10.1. The van der Waals surface area contributed by atoms with Gasteiger partial charge < -0.3 is 0 Å². The second-order valence-corrected chi connectivity index (χ2v) is 4.11. The molecule has 0 unspecified atom stereocenters. The number of carbonyl (C=O) groups is 1. The fourth-order valence-corrected chi connectivity index (χ4v) is 1.76. The quantitative estimate of drug-likeness (QED) is 0.719. The Kier molecular flexibility index (Phi) is 2.59. The Morgan fingerprint density at radius 1 is 1.71 bits per heavy atom. The highest BCUT2D eigenvalue weighted by Crippen LogP contribution is 2.34. The minimum atomic E-state index is 0.168. The molecule has 0 radical (unpaired) electrons. The van der Waals surface area contributed by atoms with Crippen molar-refractivity contribution >= 4 is 17.4 Å². The Morgan fingerprint density at radius 2 is 2.43 bits per heavy atom. The van der Waals surface area contributed by atoms with E-state index in [-0.39, 0.29) is 11.7 Å². The first-order chi connectivity index (χ1) is 6.74. The summed E-state index contributed by atoms with van der Waals surface area (Å²) in [5.41, 5.74) is 0.607. The second-order valence-electron chi connectivity index (χ2n) is 3.70. The first-order valence-electron chi connectivity index (χ1n) is 4.99. The summed E-state index contributed by atoms with van der Waals surface area (Å²) in [6.45, 7) is 2.82. The number of ketones is 1. The molecule has 0 saturated heterocycles. The van der Waals surface area contributed by atoms with Gasteiger partial charge in [-0.2, -0.15) is 5.10 Å². The van der Waals surface area contributed by atoms with E-state index in [0.717, 1.165) is 25.8 Å². The molecule has 0 spiro atoms. The second kappa shape index (κ2) is 3.73. The largest absolute Gasteiger partial charge is 0.292 e. The zero-order valence-electron chi connectivity index (χ0n) is 8.16. The Hall–Kier alpha value is -0.830. The molecule has 2 rings (SSSR count). The first-order valence-corrected chi connectivity index (χ1v) is 5.37. The summed E-state index contributed by atoms with van der Waals surface area (Å²) in [4.78, 5) is 11.8. The molecular weight excluding hydrogens is 200 g/mol. The number of halogens is 1. The molecule has 1 fully saturated rings. The van der Waals surface area contributed by atoms with Crippen molar-refractivity contribution in [3.63, 3.8) is 0 Å². The smallest absolute Gasteiger partial charge is 0.185 e. The summed E-state index contributed by atoms with van der Waals surface area (Å²) in [7, 11) is 0. The van der Waals surface area contributed by atoms with Gasteiger partial charge in [0.15, 0.2) is 5.78 Å². The van der Waals surface area contributed by atoms with Crippen LogP contribution in [0.25, 0.3) is 0 Å². The predicted octanol–water partition coefficient (Wildman–Crippen LogP) is 2.54. The lowest BCUT2D eigenvalue weighted by Crippen LogP contribution is -2.12. The van der Waals surface area contributed by atoms with E-state index in [1.807, 2.05) is 0 Å². The van der Waals surface area contributed by atoms with Crippen LogP contribution >= 0.6 is 11.6 Å². The van der Waals surface area contributed by atoms with Crippen molar-refractivity contribution in [1.29, 1.82) is 0 Å². The van der Waals surface area contributed by atoms with Gasteiger partial charge in [-0.15, -0.1) is 0 Å². The molecule has 1 aliphatic rings. The molecule has 1 aromatic rings. The molecule has 0 N–H and O–H groups in total. The van der Waals surface area contributed by atoms with Gasteiger partial charge in [0, 0.05) is 12.5 Å². The lowest BCUT2D eigenvalue weighted by Gasteiger charge is -2.04. The monoisotopic (exact) mass is 212 g/mol. The van der Waals surface area contributed by atoms with Crippen LogP contribution in [-0.2, 0) is 6.54 Å². The van der Waals surface area contributed by atoms with E-state index in [0.29, 0.717) is 10.7 Å². The third-order valence-corrected chi connectivity index (χ3v) is 2.69. The molecule has 0 amide bonds. The molecule has 0 atom stereocenters. The number of aryl methyl sites for hydroxylation is 1. The molecule has 0 bridgehead atoms. The van der Waals surface area contributed by atoms with Crippen LogP contribution in [0, 0.1) is 5.92 Å². The Balaban J connectivity index is 2.28. The molecule has 3 nitrogen and oxygen atoms in total. The Bertz CT molecular complexity index is 355. The van der Waals surface area contributed by atoms with Crippen molar-refractivity contribution < 1.29 is 4.79 Å². The Morgan fingerprint density at radius 3 is 3.00 bits per heavy atom. The van der Waals surface area contributed by atoms with Crippen molar-refractivity contribution in [2.24, 2.45) is 5.92 Å². The molecule has 1 saturated carbocycles. The molecule has 0 aliphatic heterocycles. The summed E-state index contributed by atoms with van der Waals surface area (Å²) >= 11 is 5.94. The van der Waals surface area contributed by atoms with Gasteiger partial charge in [0.2, 0.25) is 0 Å². The average molecular weight is 213 g/mol. The van der Waals surface area contributed by atoms with Gasteiger partial charge in [-0.3, -0.25) is 9.48 Å². The van der Waals surface area contributed by atoms with Gasteiger partial charge in [-0.05, 0) is 19.3 Å². The van der Waals surface area contributed by atoms with Gasteiger partial charge in [0.1, 0.15) is 5.69 Å². The number of hydrogen-bond donors (Lipinski definition) is 0. The molecule has 4 heteroatoms. The molecule has 1 aliphatic carbocycles. The van der Waals surface area contributed by atoms with Gasteiger partial charge in [-0.1, -0.05) is 18.5 Å². The topological polar surface area (TPSA) is 34.9 Å². The van der Waals surface area contributed by atoms with Crippen molar-refractivity contribution in [3.8, 4) is 0 Å². The predicted molar refractivity (Wildman–Crippen MR) is 54.6 cm³/mol. The van der Waals surface area contributed by atoms with Crippen LogP contribution in [0.15, 0.2) is 6.20 Å². The molecular formula is C10H13ClN2O. The number of carbonyl (C=O) groups excluding carboxylic acids is 1. The first kappa shape index (κ1) is 9.71. The van der Waals surface area contributed by atoms with Gasteiger partial charge >= 0.3 is 0 Å². The summed E-state index contributed by atoms with van der Waals surface area (Å²) in [5.74, 6) is 0.376. The van der Waals surface area contributed by atoms with Crippen LogP contribution in [0.5, 0.6) is 0 Å². The van der Waals surface area contributed by atoms with Gasteiger partial charge in [0.05, 0.1) is 11.2 Å². The Labute approximate surface area is 88.1 Å². The van der Waals surface area contributed by atoms with Crippen molar-refractivity contribution in [3.05, 3.63) is 16.9 Å². The van der Waals surface area contributed by atoms with E-state index in [9.17, 15) is 4.79 Å². The van der Waals surface area contributed by atoms with Crippen LogP contribution in [-0.4, -0.2) is 15.6 Å². The van der Waals surface area contributed by atoms with E-state index in [1.54, 1.807) is 10.9 Å². The highest BCUT2D eigenvalue weighted by molar-refractivity contribution is 6.33. The fourth-order valence-electron chi connectivity index (χ4n) is 1.53. The number of nitrogens with zero attached hydrogens (tertiary/aromatic N) is 2.